The highest BCUT2D eigenvalue weighted by Crippen LogP contribution is 2.14. The van der Waals surface area contributed by atoms with Gasteiger partial charge in [-0.25, -0.2) is 4.99 Å². The minimum atomic E-state index is 0.546. The molecule has 3 nitrogen and oxygen atoms in total. The van der Waals surface area contributed by atoms with Gasteiger partial charge in [0.1, 0.15) is 12.9 Å². The smallest absolute Gasteiger partial charge is 0.216 e. The first-order valence-corrected chi connectivity index (χ1v) is 5.11. The zero-order valence-electron chi connectivity index (χ0n) is 8.48. The molecule has 0 aliphatic carbocycles. The molecule has 1 aliphatic rings. The van der Waals surface area contributed by atoms with E-state index in [1.54, 1.807) is 0 Å². The number of hydrogen-bond donors (Lipinski definition) is 0. The zero-order valence-corrected chi connectivity index (χ0v) is 8.48. The van der Waals surface area contributed by atoms with Crippen molar-refractivity contribution in [2.24, 2.45) is 4.99 Å². The molecule has 3 heteroatoms. The van der Waals surface area contributed by atoms with Gasteiger partial charge in [-0.15, -0.1) is 0 Å². The Morgan fingerprint density at radius 3 is 3.00 bits per heavy atom. The van der Waals surface area contributed by atoms with Gasteiger partial charge in [0, 0.05) is 12.0 Å². The molecule has 0 amide bonds. The number of carbonyl (C=O) groups excluding carboxylic acids is 1. The summed E-state index contributed by atoms with van der Waals surface area (Å²) in [5.41, 5.74) is 2.15. The maximum absolute atomic E-state index is 10.3. The Morgan fingerprint density at radius 2 is 2.27 bits per heavy atom. The van der Waals surface area contributed by atoms with Crippen LogP contribution >= 0.6 is 0 Å². The van der Waals surface area contributed by atoms with Gasteiger partial charge in [0.2, 0.25) is 5.90 Å². The second-order valence-electron chi connectivity index (χ2n) is 3.40. The molecule has 1 aromatic rings. The molecule has 0 aromatic heterocycles. The summed E-state index contributed by atoms with van der Waals surface area (Å²) in [6.45, 7) is 1.40. The Hall–Kier alpha value is -1.64. The third-order valence-electron chi connectivity index (χ3n) is 2.36. The van der Waals surface area contributed by atoms with Gasteiger partial charge in [0.05, 0.1) is 6.54 Å². The van der Waals surface area contributed by atoms with Crippen molar-refractivity contribution in [3.63, 3.8) is 0 Å². The van der Waals surface area contributed by atoms with Gasteiger partial charge in [0.25, 0.3) is 0 Å². The molecule has 0 saturated heterocycles. The molecule has 0 atom stereocenters. The SMILES string of the molecule is O=CCCc1ccccc1C1=NCCO1. The third kappa shape index (κ3) is 2.24. The largest absolute Gasteiger partial charge is 0.476 e. The number of aryl methyl sites for hydroxylation is 1. The topological polar surface area (TPSA) is 38.7 Å². The van der Waals surface area contributed by atoms with E-state index in [9.17, 15) is 4.79 Å². The zero-order chi connectivity index (χ0) is 10.5. The minimum absolute atomic E-state index is 0.546. The highest BCUT2D eigenvalue weighted by molar-refractivity contribution is 5.96. The number of aldehydes is 1. The fourth-order valence-electron chi connectivity index (χ4n) is 1.66. The summed E-state index contributed by atoms with van der Waals surface area (Å²) >= 11 is 0. The number of ether oxygens (including phenoxy) is 1. The number of hydrogen-bond acceptors (Lipinski definition) is 3. The van der Waals surface area contributed by atoms with Crippen molar-refractivity contribution in [2.45, 2.75) is 12.8 Å². The first-order chi connectivity index (χ1) is 7.42. The molecule has 15 heavy (non-hydrogen) atoms. The van der Waals surface area contributed by atoms with Crippen LogP contribution in [-0.2, 0) is 16.0 Å². The molecule has 0 unspecified atom stereocenters. The minimum Gasteiger partial charge on any atom is -0.476 e. The van der Waals surface area contributed by atoms with Crippen LogP contribution in [-0.4, -0.2) is 25.3 Å². The molecule has 1 aliphatic heterocycles. The van der Waals surface area contributed by atoms with Crippen molar-refractivity contribution < 1.29 is 9.53 Å². The predicted octanol–water partition coefficient (Wildman–Crippen LogP) is 1.59. The number of nitrogens with zero attached hydrogens (tertiary/aromatic N) is 1. The van der Waals surface area contributed by atoms with Crippen LogP contribution in [0.4, 0.5) is 0 Å². The Labute approximate surface area is 88.8 Å². The molecule has 0 fully saturated rings. The van der Waals surface area contributed by atoms with Gasteiger partial charge >= 0.3 is 0 Å². The van der Waals surface area contributed by atoms with E-state index in [1.165, 1.54) is 0 Å². The molecular weight excluding hydrogens is 190 g/mol. The standard InChI is InChI=1S/C12H13NO2/c14-8-3-5-10-4-1-2-6-11(10)12-13-7-9-15-12/h1-2,4,6,8H,3,5,7,9H2. The second kappa shape index (κ2) is 4.73. The van der Waals surface area contributed by atoms with Crippen molar-refractivity contribution in [3.8, 4) is 0 Å². The lowest BCUT2D eigenvalue weighted by Crippen LogP contribution is -2.05. The molecule has 0 saturated carbocycles. The van der Waals surface area contributed by atoms with Crippen LogP contribution in [0.3, 0.4) is 0 Å². The van der Waals surface area contributed by atoms with Crippen LogP contribution in [0, 0.1) is 0 Å². The number of carbonyl (C=O) groups is 1. The van der Waals surface area contributed by atoms with Crippen molar-refractivity contribution in [2.75, 3.05) is 13.2 Å². The Bertz CT molecular complexity index is 385. The quantitative estimate of drug-likeness (QED) is 0.697. The highest BCUT2D eigenvalue weighted by atomic mass is 16.5. The summed E-state index contributed by atoms with van der Waals surface area (Å²) in [5.74, 6) is 0.719. The van der Waals surface area contributed by atoms with Crippen LogP contribution in [0.1, 0.15) is 17.5 Å². The van der Waals surface area contributed by atoms with Gasteiger partial charge in [-0.1, -0.05) is 18.2 Å². The average molecular weight is 203 g/mol. The first-order valence-electron chi connectivity index (χ1n) is 5.11. The lowest BCUT2D eigenvalue weighted by molar-refractivity contribution is -0.107. The Kier molecular flexibility index (Phi) is 3.12. The summed E-state index contributed by atoms with van der Waals surface area (Å²) in [6.07, 6.45) is 2.24. The van der Waals surface area contributed by atoms with Crippen LogP contribution in [0.15, 0.2) is 29.3 Å². The summed E-state index contributed by atoms with van der Waals surface area (Å²) in [7, 11) is 0. The molecule has 0 N–H and O–H groups in total. The molecule has 0 bridgehead atoms. The Morgan fingerprint density at radius 1 is 1.40 bits per heavy atom. The van der Waals surface area contributed by atoms with Gasteiger partial charge in [-0.05, 0) is 18.1 Å². The van der Waals surface area contributed by atoms with E-state index < -0.39 is 0 Å². The van der Waals surface area contributed by atoms with E-state index >= 15 is 0 Å². The van der Waals surface area contributed by atoms with Crippen molar-refractivity contribution in [1.29, 1.82) is 0 Å². The van der Waals surface area contributed by atoms with Gasteiger partial charge in [-0.2, -0.15) is 0 Å². The number of rotatable bonds is 4. The molecule has 78 valence electrons. The third-order valence-corrected chi connectivity index (χ3v) is 2.36. The molecule has 0 radical (unpaired) electrons. The number of benzene rings is 1. The summed E-state index contributed by atoms with van der Waals surface area (Å²) in [5, 5.41) is 0. The fourth-order valence-corrected chi connectivity index (χ4v) is 1.66. The van der Waals surface area contributed by atoms with Crippen molar-refractivity contribution >= 4 is 12.2 Å². The van der Waals surface area contributed by atoms with Gasteiger partial charge in [0.15, 0.2) is 0 Å². The van der Waals surface area contributed by atoms with Crippen molar-refractivity contribution in [1.82, 2.24) is 0 Å². The molecule has 1 aromatic carbocycles. The summed E-state index contributed by atoms with van der Waals surface area (Å²) in [6, 6.07) is 7.94. The second-order valence-corrected chi connectivity index (χ2v) is 3.40. The van der Waals surface area contributed by atoms with E-state index in [2.05, 4.69) is 4.99 Å². The molecule has 0 spiro atoms. The Balaban J connectivity index is 2.24. The van der Waals surface area contributed by atoms with Crippen LogP contribution in [0.25, 0.3) is 0 Å². The molecule has 2 rings (SSSR count). The van der Waals surface area contributed by atoms with E-state index in [0.717, 1.165) is 36.3 Å². The summed E-state index contributed by atoms with van der Waals surface area (Å²) in [4.78, 5) is 14.6. The first kappa shape index (κ1) is 9.90. The molecule has 1 heterocycles. The number of aliphatic imine (C=N–C) groups is 1. The van der Waals surface area contributed by atoms with E-state index in [1.807, 2.05) is 24.3 Å². The highest BCUT2D eigenvalue weighted by Gasteiger charge is 2.13. The normalized spacial score (nSPS) is 14.5. The van der Waals surface area contributed by atoms with Gasteiger partial charge < -0.3 is 9.53 Å². The van der Waals surface area contributed by atoms with Crippen LogP contribution in [0.5, 0.6) is 0 Å². The van der Waals surface area contributed by atoms with Crippen LogP contribution < -0.4 is 0 Å². The van der Waals surface area contributed by atoms with Crippen molar-refractivity contribution in [3.05, 3.63) is 35.4 Å². The molecular formula is C12H13NO2. The lowest BCUT2D eigenvalue weighted by Gasteiger charge is -2.07. The summed E-state index contributed by atoms with van der Waals surface area (Å²) < 4.78 is 5.42. The van der Waals surface area contributed by atoms with Crippen LogP contribution in [0.2, 0.25) is 0 Å². The monoisotopic (exact) mass is 203 g/mol. The lowest BCUT2D eigenvalue weighted by atomic mass is 10.0. The maximum Gasteiger partial charge on any atom is 0.216 e. The average Bonchev–Trinajstić information content (AvgIpc) is 2.80. The predicted molar refractivity (Wildman–Crippen MR) is 58.2 cm³/mol. The fraction of sp³-hybridized carbons (Fsp3) is 0.333. The van der Waals surface area contributed by atoms with E-state index in [-0.39, 0.29) is 0 Å². The van der Waals surface area contributed by atoms with E-state index in [4.69, 9.17) is 4.74 Å². The van der Waals surface area contributed by atoms with Gasteiger partial charge in [-0.3, -0.25) is 0 Å². The van der Waals surface area contributed by atoms with E-state index in [0.29, 0.717) is 13.0 Å². The maximum atomic E-state index is 10.3.